The highest BCUT2D eigenvalue weighted by molar-refractivity contribution is 5.00. The third-order valence-corrected chi connectivity index (χ3v) is 2.85. The Morgan fingerprint density at radius 3 is 2.79 bits per heavy atom. The van der Waals surface area contributed by atoms with Crippen molar-refractivity contribution < 1.29 is 4.39 Å². The summed E-state index contributed by atoms with van der Waals surface area (Å²) in [5.74, 6) is 1.27. The topological polar surface area (TPSA) is 37.8 Å². The van der Waals surface area contributed by atoms with Gasteiger partial charge in [0.2, 0.25) is 0 Å². The molecular formula is C10H14FN3. The van der Waals surface area contributed by atoms with Crippen LogP contribution in [0.4, 0.5) is 4.39 Å². The van der Waals surface area contributed by atoms with Gasteiger partial charge in [-0.25, -0.2) is 14.4 Å². The molecule has 0 amide bonds. The van der Waals surface area contributed by atoms with E-state index in [1.54, 1.807) is 0 Å². The van der Waals surface area contributed by atoms with E-state index >= 15 is 0 Å². The fraction of sp³-hybridized carbons (Fsp3) is 0.600. The predicted octanol–water partition coefficient (Wildman–Crippen LogP) is 1.33. The van der Waals surface area contributed by atoms with Gasteiger partial charge in [-0.1, -0.05) is 6.92 Å². The molecule has 2 rings (SSSR count). The first-order valence-electron chi connectivity index (χ1n) is 4.95. The summed E-state index contributed by atoms with van der Waals surface area (Å²) in [6.45, 7) is 4.18. The first-order chi connectivity index (χ1) is 6.77. The monoisotopic (exact) mass is 195 g/mol. The van der Waals surface area contributed by atoms with Crippen molar-refractivity contribution in [2.24, 2.45) is 5.92 Å². The molecule has 0 radical (unpaired) electrons. The Morgan fingerprint density at radius 2 is 2.21 bits per heavy atom. The van der Waals surface area contributed by atoms with Crippen molar-refractivity contribution in [2.45, 2.75) is 19.3 Å². The maximum Gasteiger partial charge on any atom is 0.159 e. The Morgan fingerprint density at radius 1 is 1.50 bits per heavy atom. The molecule has 76 valence electrons. The maximum absolute atomic E-state index is 12.6. The zero-order valence-corrected chi connectivity index (χ0v) is 8.20. The summed E-state index contributed by atoms with van der Waals surface area (Å²) < 4.78 is 12.6. The molecule has 1 aromatic rings. The van der Waals surface area contributed by atoms with E-state index in [0.29, 0.717) is 11.8 Å². The molecule has 1 aliphatic heterocycles. The standard InChI is InChI=1S/C10H14FN3/c1-7(8-2-3-12-4-8)10-13-5-9(11)6-14-10/h5-8,12H,2-4H2,1H3. The second-order valence-corrected chi connectivity index (χ2v) is 3.80. The highest BCUT2D eigenvalue weighted by Gasteiger charge is 2.24. The fourth-order valence-corrected chi connectivity index (χ4v) is 1.87. The minimum Gasteiger partial charge on any atom is -0.316 e. The van der Waals surface area contributed by atoms with Gasteiger partial charge >= 0.3 is 0 Å². The van der Waals surface area contributed by atoms with Gasteiger partial charge < -0.3 is 5.32 Å². The van der Waals surface area contributed by atoms with Crippen LogP contribution in [0.25, 0.3) is 0 Å². The quantitative estimate of drug-likeness (QED) is 0.773. The third kappa shape index (κ3) is 1.90. The molecule has 1 aromatic heterocycles. The number of halogens is 1. The Balaban J connectivity index is 2.09. The normalized spacial score (nSPS) is 23.7. The van der Waals surface area contributed by atoms with Gasteiger partial charge in [0.05, 0.1) is 12.4 Å². The number of hydrogen-bond donors (Lipinski definition) is 1. The van der Waals surface area contributed by atoms with Crippen LogP contribution in [0.5, 0.6) is 0 Å². The molecule has 1 N–H and O–H groups in total. The number of aromatic nitrogens is 2. The zero-order chi connectivity index (χ0) is 9.97. The smallest absolute Gasteiger partial charge is 0.159 e. The highest BCUT2D eigenvalue weighted by atomic mass is 19.1. The van der Waals surface area contributed by atoms with Crippen LogP contribution in [-0.4, -0.2) is 23.1 Å². The molecule has 0 aromatic carbocycles. The molecule has 2 atom stereocenters. The lowest BCUT2D eigenvalue weighted by Crippen LogP contribution is -2.16. The SMILES string of the molecule is CC(c1ncc(F)cn1)C1CCNC1. The summed E-state index contributed by atoms with van der Waals surface area (Å²) in [7, 11) is 0. The molecule has 4 heteroatoms. The van der Waals surface area contributed by atoms with Crippen molar-refractivity contribution in [3.05, 3.63) is 24.0 Å². The van der Waals surface area contributed by atoms with Crippen LogP contribution in [0.3, 0.4) is 0 Å². The third-order valence-electron chi connectivity index (χ3n) is 2.85. The minimum absolute atomic E-state index is 0.311. The van der Waals surface area contributed by atoms with E-state index in [9.17, 15) is 4.39 Å². The van der Waals surface area contributed by atoms with E-state index in [1.807, 2.05) is 0 Å². The highest BCUT2D eigenvalue weighted by Crippen LogP contribution is 2.25. The van der Waals surface area contributed by atoms with Crippen molar-refractivity contribution in [1.29, 1.82) is 0 Å². The number of hydrogen-bond acceptors (Lipinski definition) is 3. The van der Waals surface area contributed by atoms with Crippen molar-refractivity contribution >= 4 is 0 Å². The molecule has 0 bridgehead atoms. The Hall–Kier alpha value is -1.03. The van der Waals surface area contributed by atoms with Crippen molar-refractivity contribution in [3.8, 4) is 0 Å². The predicted molar refractivity (Wildman–Crippen MR) is 51.4 cm³/mol. The van der Waals surface area contributed by atoms with Crippen LogP contribution < -0.4 is 5.32 Å². The lowest BCUT2D eigenvalue weighted by Gasteiger charge is -2.15. The molecule has 14 heavy (non-hydrogen) atoms. The van der Waals surface area contributed by atoms with Gasteiger partial charge in [0, 0.05) is 5.92 Å². The summed E-state index contributed by atoms with van der Waals surface area (Å²) in [6.07, 6.45) is 3.63. The van der Waals surface area contributed by atoms with E-state index in [2.05, 4.69) is 22.2 Å². The van der Waals surface area contributed by atoms with E-state index < -0.39 is 0 Å². The molecular weight excluding hydrogens is 181 g/mol. The van der Waals surface area contributed by atoms with Gasteiger partial charge in [0.1, 0.15) is 5.82 Å². The average molecular weight is 195 g/mol. The van der Waals surface area contributed by atoms with Gasteiger partial charge in [0.15, 0.2) is 5.82 Å². The molecule has 0 spiro atoms. The molecule has 1 aliphatic rings. The van der Waals surface area contributed by atoms with E-state index in [1.165, 1.54) is 12.4 Å². The van der Waals surface area contributed by atoms with Crippen molar-refractivity contribution in [1.82, 2.24) is 15.3 Å². The van der Waals surface area contributed by atoms with Crippen LogP contribution in [-0.2, 0) is 0 Å². The van der Waals surface area contributed by atoms with Crippen molar-refractivity contribution in [2.75, 3.05) is 13.1 Å². The Labute approximate surface area is 82.8 Å². The Bertz CT molecular complexity index is 293. The largest absolute Gasteiger partial charge is 0.316 e. The van der Waals surface area contributed by atoms with Crippen LogP contribution in [0.1, 0.15) is 25.1 Å². The van der Waals surface area contributed by atoms with Gasteiger partial charge in [0.25, 0.3) is 0 Å². The molecule has 1 saturated heterocycles. The fourth-order valence-electron chi connectivity index (χ4n) is 1.87. The molecule has 3 nitrogen and oxygen atoms in total. The molecule has 0 aliphatic carbocycles. The number of nitrogens with zero attached hydrogens (tertiary/aromatic N) is 2. The molecule has 0 saturated carbocycles. The van der Waals surface area contributed by atoms with Crippen LogP contribution >= 0.6 is 0 Å². The average Bonchev–Trinajstić information content (AvgIpc) is 2.71. The molecule has 2 heterocycles. The van der Waals surface area contributed by atoms with Gasteiger partial charge in [-0.3, -0.25) is 0 Å². The number of rotatable bonds is 2. The summed E-state index contributed by atoms with van der Waals surface area (Å²) >= 11 is 0. The van der Waals surface area contributed by atoms with Gasteiger partial charge in [-0.15, -0.1) is 0 Å². The maximum atomic E-state index is 12.6. The van der Waals surface area contributed by atoms with E-state index in [0.717, 1.165) is 25.3 Å². The summed E-state index contributed by atoms with van der Waals surface area (Å²) in [5.41, 5.74) is 0. The lowest BCUT2D eigenvalue weighted by molar-refractivity contribution is 0.464. The summed E-state index contributed by atoms with van der Waals surface area (Å²) in [6, 6.07) is 0. The first kappa shape index (κ1) is 9.52. The Kier molecular flexibility index (Phi) is 2.72. The van der Waals surface area contributed by atoms with E-state index in [4.69, 9.17) is 0 Å². The second kappa shape index (κ2) is 4.00. The summed E-state index contributed by atoms with van der Waals surface area (Å²) in [5, 5.41) is 3.30. The van der Waals surface area contributed by atoms with Crippen LogP contribution in [0.2, 0.25) is 0 Å². The van der Waals surface area contributed by atoms with Gasteiger partial charge in [-0.05, 0) is 25.4 Å². The molecule has 1 fully saturated rings. The van der Waals surface area contributed by atoms with Gasteiger partial charge in [-0.2, -0.15) is 0 Å². The van der Waals surface area contributed by atoms with E-state index in [-0.39, 0.29) is 5.82 Å². The summed E-state index contributed by atoms with van der Waals surface area (Å²) in [4.78, 5) is 8.02. The first-order valence-corrected chi connectivity index (χ1v) is 4.95. The molecule has 2 unspecified atom stereocenters. The lowest BCUT2D eigenvalue weighted by atomic mass is 9.93. The number of nitrogens with one attached hydrogen (secondary N) is 1. The van der Waals surface area contributed by atoms with Crippen molar-refractivity contribution in [3.63, 3.8) is 0 Å². The van der Waals surface area contributed by atoms with Crippen LogP contribution in [0, 0.1) is 11.7 Å². The minimum atomic E-state index is -0.370. The van der Waals surface area contributed by atoms with Crippen LogP contribution in [0.15, 0.2) is 12.4 Å². The second-order valence-electron chi connectivity index (χ2n) is 3.80. The zero-order valence-electron chi connectivity index (χ0n) is 8.20.